The second kappa shape index (κ2) is 6.96. The van der Waals surface area contributed by atoms with E-state index in [1.807, 2.05) is 18.2 Å². The summed E-state index contributed by atoms with van der Waals surface area (Å²) < 4.78 is 8.11. The summed E-state index contributed by atoms with van der Waals surface area (Å²) in [5.41, 5.74) is 4.25. The van der Waals surface area contributed by atoms with Gasteiger partial charge in [-0.3, -0.25) is 9.59 Å². The van der Waals surface area contributed by atoms with Gasteiger partial charge < -0.3 is 14.6 Å². The van der Waals surface area contributed by atoms with Crippen LogP contribution in [-0.2, 0) is 24.7 Å². The maximum absolute atomic E-state index is 12.2. The first-order valence-corrected chi connectivity index (χ1v) is 9.56. The molecule has 0 saturated heterocycles. The highest BCUT2D eigenvalue weighted by Gasteiger charge is 2.11. The Balaban J connectivity index is 1.40. The van der Waals surface area contributed by atoms with E-state index in [2.05, 4.69) is 17.4 Å². The Labute approximate surface area is 155 Å². The number of thiazole rings is 1. The monoisotopic (exact) mass is 368 g/mol. The maximum Gasteiger partial charge on any atom is 0.307 e. The number of rotatable bonds is 4. The number of hydrogen-bond acceptors (Lipinski definition) is 4. The number of fused-ring (bicyclic) bond motifs is 2. The first-order valence-electron chi connectivity index (χ1n) is 8.74. The van der Waals surface area contributed by atoms with Crippen LogP contribution in [0.25, 0.3) is 10.2 Å². The van der Waals surface area contributed by atoms with Gasteiger partial charge in [0.2, 0.25) is 0 Å². The van der Waals surface area contributed by atoms with Crippen LogP contribution in [0.3, 0.4) is 0 Å². The number of nitrogens with zero attached hydrogens (tertiary/aromatic N) is 1. The molecule has 1 heterocycles. The number of aryl methyl sites for hydroxylation is 3. The zero-order chi connectivity index (χ0) is 18.1. The minimum Gasteiger partial charge on any atom is -0.484 e. The summed E-state index contributed by atoms with van der Waals surface area (Å²) in [5.74, 6) is 0.517. The molecule has 2 aromatic carbocycles. The number of aromatic nitrogens is 1. The molecule has 0 unspecified atom stereocenters. The first-order chi connectivity index (χ1) is 12.6. The second-order valence-electron chi connectivity index (χ2n) is 6.58. The predicted molar refractivity (Wildman–Crippen MR) is 104 cm³/mol. The van der Waals surface area contributed by atoms with Gasteiger partial charge in [0.15, 0.2) is 6.61 Å². The topological polar surface area (TPSA) is 60.3 Å². The molecule has 4 rings (SSSR count). The van der Waals surface area contributed by atoms with Crippen molar-refractivity contribution in [3.05, 3.63) is 57.2 Å². The van der Waals surface area contributed by atoms with Crippen LogP contribution in [0, 0.1) is 0 Å². The lowest BCUT2D eigenvalue weighted by atomic mass is 9.92. The van der Waals surface area contributed by atoms with E-state index in [4.69, 9.17) is 4.74 Å². The minimum atomic E-state index is -0.217. The lowest BCUT2D eigenvalue weighted by Crippen LogP contribution is -2.20. The molecule has 0 aliphatic heterocycles. The van der Waals surface area contributed by atoms with Crippen molar-refractivity contribution in [3.63, 3.8) is 0 Å². The summed E-state index contributed by atoms with van der Waals surface area (Å²) in [6, 6.07) is 11.5. The Morgan fingerprint density at radius 3 is 2.81 bits per heavy atom. The third kappa shape index (κ3) is 3.37. The number of amides is 1. The molecule has 1 amide bonds. The van der Waals surface area contributed by atoms with Crippen molar-refractivity contribution in [2.75, 3.05) is 11.9 Å². The summed E-state index contributed by atoms with van der Waals surface area (Å²) in [7, 11) is 1.74. The van der Waals surface area contributed by atoms with Crippen LogP contribution in [-0.4, -0.2) is 17.1 Å². The fraction of sp³-hybridized carbons (Fsp3) is 0.300. The van der Waals surface area contributed by atoms with Crippen LogP contribution in [0.15, 0.2) is 41.2 Å². The van der Waals surface area contributed by atoms with Crippen LogP contribution >= 0.6 is 11.3 Å². The van der Waals surface area contributed by atoms with E-state index in [0.717, 1.165) is 28.8 Å². The number of carbonyl (C=O) groups excluding carboxylic acids is 1. The van der Waals surface area contributed by atoms with Gasteiger partial charge in [-0.15, -0.1) is 0 Å². The molecular formula is C20H20N2O3S. The van der Waals surface area contributed by atoms with E-state index in [-0.39, 0.29) is 17.4 Å². The van der Waals surface area contributed by atoms with Crippen LogP contribution in [0.2, 0.25) is 0 Å². The van der Waals surface area contributed by atoms with E-state index >= 15 is 0 Å². The van der Waals surface area contributed by atoms with Crippen molar-refractivity contribution in [2.24, 2.45) is 7.05 Å². The quantitative estimate of drug-likeness (QED) is 0.767. The van der Waals surface area contributed by atoms with Crippen molar-refractivity contribution in [3.8, 4) is 5.75 Å². The van der Waals surface area contributed by atoms with Crippen molar-refractivity contribution < 1.29 is 9.53 Å². The van der Waals surface area contributed by atoms with E-state index < -0.39 is 0 Å². The molecule has 0 radical (unpaired) electrons. The molecule has 3 aromatic rings. The average molecular weight is 368 g/mol. The van der Waals surface area contributed by atoms with Gasteiger partial charge in [0.05, 0.1) is 10.2 Å². The largest absolute Gasteiger partial charge is 0.484 e. The summed E-state index contributed by atoms with van der Waals surface area (Å²) in [5, 5.41) is 2.83. The average Bonchev–Trinajstić information content (AvgIpc) is 2.93. The van der Waals surface area contributed by atoms with Gasteiger partial charge in [-0.1, -0.05) is 17.4 Å². The highest BCUT2D eigenvalue weighted by atomic mass is 32.1. The maximum atomic E-state index is 12.2. The van der Waals surface area contributed by atoms with Gasteiger partial charge >= 0.3 is 4.87 Å². The molecule has 5 nitrogen and oxygen atoms in total. The molecule has 1 aliphatic rings. The van der Waals surface area contributed by atoms with Crippen LogP contribution in [0.5, 0.6) is 5.75 Å². The summed E-state index contributed by atoms with van der Waals surface area (Å²) in [6.45, 7) is -0.0398. The van der Waals surface area contributed by atoms with E-state index in [0.29, 0.717) is 5.69 Å². The third-order valence-electron chi connectivity index (χ3n) is 4.77. The Hall–Kier alpha value is -2.60. The standard InChI is InChI=1S/C20H20N2O3S/c1-22-17-9-7-15(11-18(17)26-20(22)24)21-19(23)12-25-16-8-6-13-4-2-3-5-14(13)10-16/h6-11H,2-5,12H2,1H3,(H,21,23). The molecule has 26 heavy (non-hydrogen) atoms. The van der Waals surface area contributed by atoms with Crippen LogP contribution < -0.4 is 14.9 Å². The lowest BCUT2D eigenvalue weighted by molar-refractivity contribution is -0.118. The second-order valence-corrected chi connectivity index (χ2v) is 7.58. The van der Waals surface area contributed by atoms with Crippen LogP contribution in [0.1, 0.15) is 24.0 Å². The lowest BCUT2D eigenvalue weighted by Gasteiger charge is -2.16. The van der Waals surface area contributed by atoms with Gasteiger partial charge in [-0.05, 0) is 67.1 Å². The molecular weight excluding hydrogens is 348 g/mol. The first kappa shape index (κ1) is 16.8. The molecule has 0 spiro atoms. The molecule has 0 fully saturated rings. The fourth-order valence-corrected chi connectivity index (χ4v) is 4.28. The molecule has 134 valence electrons. The highest BCUT2D eigenvalue weighted by Crippen LogP contribution is 2.25. The number of benzene rings is 2. The zero-order valence-electron chi connectivity index (χ0n) is 14.6. The van der Waals surface area contributed by atoms with Crippen molar-refractivity contribution in [1.29, 1.82) is 0 Å². The van der Waals surface area contributed by atoms with E-state index in [1.165, 1.54) is 35.3 Å². The smallest absolute Gasteiger partial charge is 0.307 e. The highest BCUT2D eigenvalue weighted by molar-refractivity contribution is 7.16. The van der Waals surface area contributed by atoms with E-state index in [1.54, 1.807) is 17.7 Å². The Bertz CT molecular complexity index is 1040. The van der Waals surface area contributed by atoms with E-state index in [9.17, 15) is 9.59 Å². The summed E-state index contributed by atoms with van der Waals surface area (Å²) in [6.07, 6.45) is 4.67. The van der Waals surface area contributed by atoms with Crippen LogP contribution in [0.4, 0.5) is 5.69 Å². The van der Waals surface area contributed by atoms with Crippen molar-refractivity contribution in [2.45, 2.75) is 25.7 Å². The predicted octanol–water partition coefficient (Wildman–Crippen LogP) is 3.50. The summed E-state index contributed by atoms with van der Waals surface area (Å²) in [4.78, 5) is 23.9. The number of hydrogen-bond donors (Lipinski definition) is 1. The van der Waals surface area contributed by atoms with Crippen molar-refractivity contribution >= 4 is 33.1 Å². The van der Waals surface area contributed by atoms with Gasteiger partial charge in [0.1, 0.15) is 5.75 Å². The van der Waals surface area contributed by atoms with Gasteiger partial charge in [-0.25, -0.2) is 0 Å². The number of ether oxygens (including phenoxy) is 1. The van der Waals surface area contributed by atoms with Gasteiger partial charge in [-0.2, -0.15) is 0 Å². The molecule has 6 heteroatoms. The minimum absolute atomic E-state index is 0.0146. The zero-order valence-corrected chi connectivity index (χ0v) is 15.4. The number of carbonyl (C=O) groups is 1. The Morgan fingerprint density at radius 1 is 1.15 bits per heavy atom. The molecule has 0 bridgehead atoms. The normalized spacial score (nSPS) is 13.4. The third-order valence-corrected chi connectivity index (χ3v) is 5.76. The fourth-order valence-electron chi connectivity index (χ4n) is 3.36. The molecule has 0 atom stereocenters. The van der Waals surface area contributed by atoms with Gasteiger partial charge in [0, 0.05) is 12.7 Å². The Morgan fingerprint density at radius 2 is 1.96 bits per heavy atom. The molecule has 0 saturated carbocycles. The summed E-state index contributed by atoms with van der Waals surface area (Å²) >= 11 is 1.17. The molecule has 1 aromatic heterocycles. The molecule has 1 aliphatic carbocycles. The SMILES string of the molecule is Cn1c(=O)sc2cc(NC(=O)COc3ccc4c(c3)CCCC4)ccc21. The number of anilines is 1. The molecule has 1 N–H and O–H groups in total. The number of nitrogens with one attached hydrogen (secondary N) is 1. The Kier molecular flexibility index (Phi) is 4.51. The van der Waals surface area contributed by atoms with Gasteiger partial charge in [0.25, 0.3) is 5.91 Å². The van der Waals surface area contributed by atoms with Crippen molar-refractivity contribution in [1.82, 2.24) is 4.57 Å².